The first-order valence-electron chi connectivity index (χ1n) is 6.09. The lowest BCUT2D eigenvalue weighted by Crippen LogP contribution is -2.31. The molecule has 1 unspecified atom stereocenters. The zero-order valence-electron chi connectivity index (χ0n) is 10.5. The van der Waals surface area contributed by atoms with E-state index < -0.39 is 12.0 Å². The summed E-state index contributed by atoms with van der Waals surface area (Å²) in [7, 11) is 0. The van der Waals surface area contributed by atoms with Gasteiger partial charge in [-0.3, -0.25) is 0 Å². The second-order valence-corrected chi connectivity index (χ2v) is 4.73. The van der Waals surface area contributed by atoms with Crippen LogP contribution in [0.4, 0.5) is 24.8 Å². The molecule has 4 N–H and O–H groups in total. The van der Waals surface area contributed by atoms with Crippen molar-refractivity contribution in [1.82, 2.24) is 9.97 Å². The Kier molecular flexibility index (Phi) is 3.79. The van der Waals surface area contributed by atoms with Crippen molar-refractivity contribution in [3.05, 3.63) is 11.9 Å². The highest BCUT2D eigenvalue weighted by molar-refractivity contribution is 5.47. The average Bonchev–Trinajstić information content (AvgIpc) is 2.24. The number of alkyl halides is 3. The number of nitrogens with two attached hydrogens (primary N) is 1. The van der Waals surface area contributed by atoms with Crippen LogP contribution >= 0.6 is 0 Å². The molecule has 19 heavy (non-hydrogen) atoms. The van der Waals surface area contributed by atoms with E-state index in [4.69, 9.17) is 5.84 Å². The van der Waals surface area contributed by atoms with Gasteiger partial charge in [-0.1, -0.05) is 6.42 Å². The first kappa shape index (κ1) is 13.9. The maximum absolute atomic E-state index is 12.6. The Morgan fingerprint density at radius 2 is 1.95 bits per heavy atom. The summed E-state index contributed by atoms with van der Waals surface area (Å²) in [5.41, 5.74) is 2.12. The third-order valence-electron chi connectivity index (χ3n) is 3.36. The summed E-state index contributed by atoms with van der Waals surface area (Å²) in [6.07, 6.45) is -1.24. The van der Waals surface area contributed by atoms with E-state index in [2.05, 4.69) is 20.7 Å². The van der Waals surface area contributed by atoms with E-state index in [1.165, 1.54) is 12.5 Å². The van der Waals surface area contributed by atoms with Crippen LogP contribution in [-0.2, 0) is 6.18 Å². The SMILES string of the molecule is CC(Nc1cc(NN)nc(C(F)(F)F)n1)C1CCC1. The summed E-state index contributed by atoms with van der Waals surface area (Å²) >= 11 is 0. The first-order chi connectivity index (χ1) is 8.90. The first-order valence-corrected chi connectivity index (χ1v) is 6.09. The van der Waals surface area contributed by atoms with Gasteiger partial charge in [0.05, 0.1) is 0 Å². The molecule has 1 aliphatic carbocycles. The highest BCUT2D eigenvalue weighted by Crippen LogP contribution is 2.32. The Morgan fingerprint density at radius 3 is 2.42 bits per heavy atom. The van der Waals surface area contributed by atoms with Gasteiger partial charge < -0.3 is 10.7 Å². The predicted molar refractivity (Wildman–Crippen MR) is 65.3 cm³/mol. The van der Waals surface area contributed by atoms with Gasteiger partial charge in [-0.15, -0.1) is 0 Å². The second kappa shape index (κ2) is 5.20. The number of nitrogens with zero attached hydrogens (tertiary/aromatic N) is 2. The smallest absolute Gasteiger partial charge is 0.367 e. The summed E-state index contributed by atoms with van der Waals surface area (Å²) in [5, 5.41) is 2.98. The maximum atomic E-state index is 12.6. The number of halogens is 3. The van der Waals surface area contributed by atoms with Crippen molar-refractivity contribution in [3.63, 3.8) is 0 Å². The van der Waals surface area contributed by atoms with Gasteiger partial charge in [-0.05, 0) is 25.7 Å². The number of nitrogen functional groups attached to an aromatic ring is 1. The Morgan fingerprint density at radius 1 is 1.32 bits per heavy atom. The summed E-state index contributed by atoms with van der Waals surface area (Å²) in [6.45, 7) is 1.94. The minimum atomic E-state index is -4.59. The zero-order chi connectivity index (χ0) is 14.0. The number of nitrogens with one attached hydrogen (secondary N) is 2. The molecule has 0 radical (unpaired) electrons. The molecule has 0 bridgehead atoms. The third-order valence-corrected chi connectivity index (χ3v) is 3.36. The normalized spacial score (nSPS) is 17.7. The van der Waals surface area contributed by atoms with Gasteiger partial charge in [0.15, 0.2) is 0 Å². The van der Waals surface area contributed by atoms with Crippen LogP contribution in [0.2, 0.25) is 0 Å². The number of rotatable bonds is 4. The number of aromatic nitrogens is 2. The largest absolute Gasteiger partial charge is 0.451 e. The fourth-order valence-corrected chi connectivity index (χ4v) is 2.01. The molecule has 106 valence electrons. The second-order valence-electron chi connectivity index (χ2n) is 4.73. The predicted octanol–water partition coefficient (Wildman–Crippen LogP) is 2.38. The van der Waals surface area contributed by atoms with Crippen LogP contribution in [0.5, 0.6) is 0 Å². The number of hydrazine groups is 1. The van der Waals surface area contributed by atoms with Gasteiger partial charge in [0.25, 0.3) is 0 Å². The van der Waals surface area contributed by atoms with Crippen LogP contribution in [0.1, 0.15) is 32.0 Å². The highest BCUT2D eigenvalue weighted by Gasteiger charge is 2.35. The number of anilines is 2. The Bertz CT molecular complexity index is 444. The number of hydrogen-bond acceptors (Lipinski definition) is 5. The third kappa shape index (κ3) is 3.25. The van der Waals surface area contributed by atoms with Gasteiger partial charge in [-0.2, -0.15) is 13.2 Å². The molecule has 1 aliphatic rings. The lowest BCUT2D eigenvalue weighted by Gasteiger charge is -2.32. The average molecular weight is 275 g/mol. The van der Waals surface area contributed by atoms with Crippen molar-refractivity contribution in [2.45, 2.75) is 38.4 Å². The Labute approximate surface area is 108 Å². The van der Waals surface area contributed by atoms with Crippen LogP contribution in [-0.4, -0.2) is 16.0 Å². The van der Waals surface area contributed by atoms with E-state index in [-0.39, 0.29) is 17.7 Å². The molecular formula is C11H16F3N5. The minimum Gasteiger partial charge on any atom is -0.367 e. The molecular weight excluding hydrogens is 259 g/mol. The molecule has 8 heteroatoms. The Hall–Kier alpha value is -1.57. The molecule has 1 atom stereocenters. The molecule has 0 aromatic carbocycles. The van der Waals surface area contributed by atoms with Crippen molar-refractivity contribution in [3.8, 4) is 0 Å². The quantitative estimate of drug-likeness (QED) is 0.581. The zero-order valence-corrected chi connectivity index (χ0v) is 10.5. The lowest BCUT2D eigenvalue weighted by molar-refractivity contribution is -0.144. The summed E-state index contributed by atoms with van der Waals surface area (Å²) in [6, 6.07) is 1.44. The number of hydrogen-bond donors (Lipinski definition) is 3. The van der Waals surface area contributed by atoms with Gasteiger partial charge >= 0.3 is 6.18 Å². The maximum Gasteiger partial charge on any atom is 0.451 e. The monoisotopic (exact) mass is 275 g/mol. The molecule has 1 fully saturated rings. The molecule has 1 aromatic heterocycles. The molecule has 5 nitrogen and oxygen atoms in total. The molecule has 1 saturated carbocycles. The van der Waals surface area contributed by atoms with Crippen LogP contribution < -0.4 is 16.6 Å². The van der Waals surface area contributed by atoms with Crippen LogP contribution in [0.15, 0.2) is 6.07 Å². The van der Waals surface area contributed by atoms with E-state index in [1.807, 2.05) is 6.92 Å². The van der Waals surface area contributed by atoms with E-state index in [1.54, 1.807) is 0 Å². The van der Waals surface area contributed by atoms with Gasteiger partial charge in [-0.25, -0.2) is 15.8 Å². The molecule has 0 saturated heterocycles. The Balaban J connectivity index is 2.19. The topological polar surface area (TPSA) is 75.9 Å². The fraction of sp³-hybridized carbons (Fsp3) is 0.636. The molecule has 1 aromatic rings. The van der Waals surface area contributed by atoms with Crippen molar-refractivity contribution in [1.29, 1.82) is 0 Å². The van der Waals surface area contributed by atoms with E-state index >= 15 is 0 Å². The summed E-state index contributed by atoms with van der Waals surface area (Å²) in [4.78, 5) is 6.79. The molecule has 0 spiro atoms. The van der Waals surface area contributed by atoms with Gasteiger partial charge in [0.1, 0.15) is 11.6 Å². The van der Waals surface area contributed by atoms with Crippen LogP contribution in [0.25, 0.3) is 0 Å². The van der Waals surface area contributed by atoms with Gasteiger partial charge in [0.2, 0.25) is 5.82 Å². The standard InChI is InChI=1S/C11H16F3N5/c1-6(7-3-2-4-7)16-8-5-9(19-15)18-10(17-8)11(12,13)14/h5-7H,2-4,15H2,1H3,(H2,16,17,18,19). The van der Waals surface area contributed by atoms with Gasteiger partial charge in [0, 0.05) is 12.1 Å². The van der Waals surface area contributed by atoms with Crippen molar-refractivity contribution < 1.29 is 13.2 Å². The molecule has 2 rings (SSSR count). The highest BCUT2D eigenvalue weighted by atomic mass is 19.4. The van der Waals surface area contributed by atoms with E-state index in [0.717, 1.165) is 12.8 Å². The van der Waals surface area contributed by atoms with Crippen molar-refractivity contribution in [2.24, 2.45) is 11.8 Å². The van der Waals surface area contributed by atoms with E-state index in [0.29, 0.717) is 5.92 Å². The van der Waals surface area contributed by atoms with Crippen LogP contribution in [0, 0.1) is 5.92 Å². The van der Waals surface area contributed by atoms with E-state index in [9.17, 15) is 13.2 Å². The molecule has 0 aliphatic heterocycles. The van der Waals surface area contributed by atoms with Crippen molar-refractivity contribution in [2.75, 3.05) is 10.7 Å². The fourth-order valence-electron chi connectivity index (χ4n) is 2.01. The van der Waals surface area contributed by atoms with Crippen molar-refractivity contribution >= 4 is 11.6 Å². The minimum absolute atomic E-state index is 0.0642. The summed E-state index contributed by atoms with van der Waals surface area (Å²) in [5.74, 6) is 4.48. The summed E-state index contributed by atoms with van der Waals surface area (Å²) < 4.78 is 37.9. The lowest BCUT2D eigenvalue weighted by atomic mass is 9.80. The molecule has 1 heterocycles. The molecule has 0 amide bonds. The van der Waals surface area contributed by atoms with Crippen LogP contribution in [0.3, 0.4) is 0 Å².